The zero-order valence-electron chi connectivity index (χ0n) is 11.7. The minimum absolute atomic E-state index is 0.392. The van der Waals surface area contributed by atoms with E-state index in [9.17, 15) is 0 Å². The fraction of sp³-hybridized carbons (Fsp3) is 0.625. The molecule has 0 spiro atoms. The van der Waals surface area contributed by atoms with Crippen molar-refractivity contribution in [2.45, 2.75) is 50.4 Å². The van der Waals surface area contributed by atoms with Crippen LogP contribution >= 0.6 is 0 Å². The molecule has 2 N–H and O–H groups in total. The van der Waals surface area contributed by atoms with E-state index in [2.05, 4.69) is 34.9 Å². The van der Waals surface area contributed by atoms with E-state index in [1.807, 2.05) is 7.11 Å². The lowest BCUT2D eigenvalue weighted by Gasteiger charge is -2.27. The quantitative estimate of drug-likeness (QED) is 0.875. The molecule has 1 aliphatic carbocycles. The van der Waals surface area contributed by atoms with E-state index in [1.165, 1.54) is 30.4 Å². The third-order valence-electron chi connectivity index (χ3n) is 4.53. The van der Waals surface area contributed by atoms with Crippen molar-refractivity contribution in [2.75, 3.05) is 13.7 Å². The van der Waals surface area contributed by atoms with Gasteiger partial charge >= 0.3 is 0 Å². The molecule has 1 heterocycles. The number of ether oxygens (including phenoxy) is 1. The maximum atomic E-state index is 5.61. The van der Waals surface area contributed by atoms with Crippen LogP contribution in [0.4, 0.5) is 0 Å². The summed E-state index contributed by atoms with van der Waals surface area (Å²) in [5.74, 6) is 0. The molecule has 2 aliphatic rings. The Morgan fingerprint density at radius 1 is 1.21 bits per heavy atom. The van der Waals surface area contributed by atoms with Crippen LogP contribution in [0.5, 0.6) is 0 Å². The Labute approximate surface area is 115 Å². The second-order valence-electron chi connectivity index (χ2n) is 5.70. The van der Waals surface area contributed by atoms with Gasteiger partial charge in [-0.15, -0.1) is 0 Å². The van der Waals surface area contributed by atoms with Gasteiger partial charge in [0.05, 0.1) is 6.10 Å². The van der Waals surface area contributed by atoms with E-state index in [1.54, 1.807) is 0 Å². The fourth-order valence-corrected chi connectivity index (χ4v) is 3.49. The standard InChI is InChI=1S/C16H24N2O/c1-19-16-8-4-7-15(16)18-14-9-10-17-11-12-5-2-3-6-13(12)14/h2-3,5-6,14-18H,4,7-11H2,1H3. The topological polar surface area (TPSA) is 33.3 Å². The predicted octanol–water partition coefficient (Wildman–Crippen LogP) is 2.38. The Morgan fingerprint density at radius 3 is 3.00 bits per heavy atom. The van der Waals surface area contributed by atoms with Crippen molar-refractivity contribution >= 4 is 0 Å². The van der Waals surface area contributed by atoms with Crippen molar-refractivity contribution in [1.29, 1.82) is 0 Å². The Hall–Kier alpha value is -0.900. The first-order valence-electron chi connectivity index (χ1n) is 7.46. The minimum Gasteiger partial charge on any atom is -0.380 e. The fourth-order valence-electron chi connectivity index (χ4n) is 3.49. The largest absolute Gasteiger partial charge is 0.380 e. The number of hydrogen-bond donors (Lipinski definition) is 2. The summed E-state index contributed by atoms with van der Waals surface area (Å²) >= 11 is 0. The molecule has 0 aromatic heterocycles. The monoisotopic (exact) mass is 260 g/mol. The van der Waals surface area contributed by atoms with Crippen molar-refractivity contribution < 1.29 is 4.74 Å². The van der Waals surface area contributed by atoms with Crippen LogP contribution in [0.15, 0.2) is 24.3 Å². The number of benzene rings is 1. The SMILES string of the molecule is COC1CCCC1NC1CCNCc2ccccc21. The maximum Gasteiger partial charge on any atom is 0.0724 e. The summed E-state index contributed by atoms with van der Waals surface area (Å²) in [4.78, 5) is 0. The van der Waals surface area contributed by atoms with E-state index in [4.69, 9.17) is 4.74 Å². The highest BCUT2D eigenvalue weighted by molar-refractivity contribution is 5.31. The molecule has 19 heavy (non-hydrogen) atoms. The van der Waals surface area contributed by atoms with Crippen molar-refractivity contribution in [1.82, 2.24) is 10.6 Å². The van der Waals surface area contributed by atoms with Crippen LogP contribution in [0, 0.1) is 0 Å². The van der Waals surface area contributed by atoms with Crippen LogP contribution in [-0.2, 0) is 11.3 Å². The molecule has 3 heteroatoms. The molecule has 0 saturated heterocycles. The van der Waals surface area contributed by atoms with Gasteiger partial charge in [0.2, 0.25) is 0 Å². The minimum atomic E-state index is 0.392. The zero-order valence-corrected chi connectivity index (χ0v) is 11.7. The summed E-state index contributed by atoms with van der Waals surface area (Å²) in [5, 5.41) is 7.36. The van der Waals surface area contributed by atoms with Gasteiger partial charge in [0, 0.05) is 25.7 Å². The van der Waals surface area contributed by atoms with E-state index in [-0.39, 0.29) is 0 Å². The van der Waals surface area contributed by atoms with Gasteiger partial charge in [-0.05, 0) is 43.4 Å². The molecule has 1 aromatic rings. The molecule has 3 atom stereocenters. The van der Waals surface area contributed by atoms with E-state index in [0.717, 1.165) is 19.5 Å². The van der Waals surface area contributed by atoms with Gasteiger partial charge in [-0.25, -0.2) is 0 Å². The smallest absolute Gasteiger partial charge is 0.0724 e. The molecule has 1 aromatic carbocycles. The molecule has 1 fully saturated rings. The Morgan fingerprint density at radius 2 is 2.11 bits per heavy atom. The van der Waals surface area contributed by atoms with Crippen LogP contribution < -0.4 is 10.6 Å². The Kier molecular flexibility index (Phi) is 4.16. The summed E-state index contributed by atoms with van der Waals surface area (Å²) in [5.41, 5.74) is 2.90. The molecular formula is C16H24N2O. The highest BCUT2D eigenvalue weighted by Gasteiger charge is 2.30. The van der Waals surface area contributed by atoms with Gasteiger partial charge in [-0.2, -0.15) is 0 Å². The molecular weight excluding hydrogens is 236 g/mol. The first-order valence-corrected chi connectivity index (χ1v) is 7.46. The lowest BCUT2D eigenvalue weighted by atomic mass is 9.98. The van der Waals surface area contributed by atoms with Crippen LogP contribution in [-0.4, -0.2) is 25.8 Å². The third-order valence-corrected chi connectivity index (χ3v) is 4.53. The number of hydrogen-bond acceptors (Lipinski definition) is 3. The van der Waals surface area contributed by atoms with Crippen molar-refractivity contribution in [3.63, 3.8) is 0 Å². The van der Waals surface area contributed by atoms with Crippen LogP contribution in [0.2, 0.25) is 0 Å². The molecule has 1 saturated carbocycles. The summed E-state index contributed by atoms with van der Waals surface area (Å²) in [6.07, 6.45) is 5.27. The lowest BCUT2D eigenvalue weighted by Crippen LogP contribution is -2.39. The van der Waals surface area contributed by atoms with Crippen molar-refractivity contribution in [3.8, 4) is 0 Å². The normalized spacial score (nSPS) is 30.9. The van der Waals surface area contributed by atoms with Gasteiger partial charge in [0.1, 0.15) is 0 Å². The zero-order chi connectivity index (χ0) is 13.1. The average molecular weight is 260 g/mol. The number of rotatable bonds is 3. The van der Waals surface area contributed by atoms with Crippen LogP contribution in [0.1, 0.15) is 42.9 Å². The average Bonchev–Trinajstić information content (AvgIpc) is 2.80. The van der Waals surface area contributed by atoms with E-state index >= 15 is 0 Å². The van der Waals surface area contributed by atoms with E-state index < -0.39 is 0 Å². The number of nitrogens with one attached hydrogen (secondary N) is 2. The Bertz CT molecular complexity index is 421. The highest BCUT2D eigenvalue weighted by Crippen LogP contribution is 2.28. The third kappa shape index (κ3) is 2.83. The molecule has 0 bridgehead atoms. The number of methoxy groups -OCH3 is 1. The molecule has 0 radical (unpaired) electrons. The van der Waals surface area contributed by atoms with Crippen LogP contribution in [0.25, 0.3) is 0 Å². The van der Waals surface area contributed by atoms with E-state index in [0.29, 0.717) is 18.2 Å². The highest BCUT2D eigenvalue weighted by atomic mass is 16.5. The first-order chi connectivity index (χ1) is 9.38. The summed E-state index contributed by atoms with van der Waals surface area (Å²) in [6.45, 7) is 2.07. The summed E-state index contributed by atoms with van der Waals surface area (Å²) < 4.78 is 5.61. The van der Waals surface area contributed by atoms with Crippen molar-refractivity contribution in [2.24, 2.45) is 0 Å². The molecule has 1 aliphatic heterocycles. The van der Waals surface area contributed by atoms with Gasteiger partial charge < -0.3 is 15.4 Å². The maximum absolute atomic E-state index is 5.61. The van der Waals surface area contributed by atoms with Gasteiger partial charge in [0.25, 0.3) is 0 Å². The van der Waals surface area contributed by atoms with Crippen LogP contribution in [0.3, 0.4) is 0 Å². The van der Waals surface area contributed by atoms with Gasteiger partial charge in [-0.1, -0.05) is 24.3 Å². The molecule has 104 valence electrons. The lowest BCUT2D eigenvalue weighted by molar-refractivity contribution is 0.0808. The summed E-state index contributed by atoms with van der Waals surface area (Å²) in [6, 6.07) is 9.78. The second-order valence-corrected chi connectivity index (χ2v) is 5.70. The summed E-state index contributed by atoms with van der Waals surface area (Å²) in [7, 11) is 1.84. The molecule has 3 nitrogen and oxygen atoms in total. The Balaban J connectivity index is 1.77. The molecule has 3 rings (SSSR count). The van der Waals surface area contributed by atoms with Crippen molar-refractivity contribution in [3.05, 3.63) is 35.4 Å². The molecule has 0 amide bonds. The predicted molar refractivity (Wildman–Crippen MR) is 77.1 cm³/mol. The second kappa shape index (κ2) is 6.04. The number of fused-ring (bicyclic) bond motifs is 1. The molecule has 3 unspecified atom stereocenters. The van der Waals surface area contributed by atoms with Gasteiger partial charge in [0.15, 0.2) is 0 Å². The van der Waals surface area contributed by atoms with Gasteiger partial charge in [-0.3, -0.25) is 0 Å². The first kappa shape index (κ1) is 13.1.